The Labute approximate surface area is 189 Å². The third-order valence-corrected chi connectivity index (χ3v) is 3.86. The molecule has 3 rings (SSSR count). The third kappa shape index (κ3) is 20.0. The summed E-state index contributed by atoms with van der Waals surface area (Å²) in [4.78, 5) is 0. The number of hydrogen-bond acceptors (Lipinski definition) is 1. The number of ether oxygens (including phenoxy) is 1. The molecule has 0 spiro atoms. The van der Waals surface area contributed by atoms with Crippen molar-refractivity contribution >= 4 is 10.8 Å². The van der Waals surface area contributed by atoms with E-state index in [4.69, 9.17) is 4.74 Å². The van der Waals surface area contributed by atoms with Crippen molar-refractivity contribution in [2.75, 3.05) is 6.61 Å². The lowest BCUT2D eigenvalue weighted by Gasteiger charge is -2.10. The minimum absolute atomic E-state index is 0.188. The molecule has 1 nitrogen and oxygen atoms in total. The van der Waals surface area contributed by atoms with Crippen LogP contribution in [0.5, 0.6) is 5.75 Å². The molecule has 2 aromatic rings. The number of hydrogen-bond donors (Lipinski definition) is 0. The summed E-state index contributed by atoms with van der Waals surface area (Å²) in [6, 6.07) is 12.6. The summed E-state index contributed by atoms with van der Waals surface area (Å²) in [5.74, 6) is 1.01. The maximum atomic E-state index is 10.4. The Bertz CT molecular complexity index is 634. The standard InChI is InChI=1S/C15H18O.C4H8.2C3H8.C2H3F3/c1-3-4-11-16-15-10-9-12(2)13-7-5-6-8-14(13)15;1-2-4-3-1;2*1-3-2;1-2(3,4)5/h5-10H,3-4,11H2,1-2H3;1-4H2;2*3H2,1-2H3;1H3. The summed E-state index contributed by atoms with van der Waals surface area (Å²) in [6.45, 7) is 13.8. The van der Waals surface area contributed by atoms with Crippen LogP contribution in [-0.2, 0) is 0 Å². The second-order valence-corrected chi connectivity index (χ2v) is 7.74. The Kier molecular flexibility index (Phi) is 20.5. The van der Waals surface area contributed by atoms with E-state index in [1.54, 1.807) is 0 Å². The van der Waals surface area contributed by atoms with Crippen LogP contribution < -0.4 is 4.74 Å². The van der Waals surface area contributed by atoms with Gasteiger partial charge in [0.2, 0.25) is 0 Å². The minimum Gasteiger partial charge on any atom is -0.493 e. The van der Waals surface area contributed by atoms with Crippen molar-refractivity contribution in [3.8, 4) is 5.75 Å². The summed E-state index contributed by atoms with van der Waals surface area (Å²) < 4.78 is 36.9. The number of unbranched alkanes of at least 4 members (excludes halogenated alkanes) is 1. The predicted molar refractivity (Wildman–Crippen MR) is 131 cm³/mol. The number of benzene rings is 2. The Hall–Kier alpha value is -1.71. The molecule has 1 aliphatic carbocycles. The Morgan fingerprint density at radius 3 is 1.58 bits per heavy atom. The van der Waals surface area contributed by atoms with Gasteiger partial charge in [-0.25, -0.2) is 0 Å². The molecule has 0 N–H and O–H groups in total. The maximum absolute atomic E-state index is 10.4. The molecule has 0 heterocycles. The van der Waals surface area contributed by atoms with Gasteiger partial charge in [-0.15, -0.1) is 0 Å². The predicted octanol–water partition coefficient (Wildman–Crippen LogP) is 10.3. The number of halogens is 3. The van der Waals surface area contributed by atoms with E-state index < -0.39 is 6.18 Å². The lowest BCUT2D eigenvalue weighted by Crippen LogP contribution is -1.97. The van der Waals surface area contributed by atoms with E-state index in [1.807, 2.05) is 0 Å². The first-order valence-corrected chi connectivity index (χ1v) is 11.8. The number of aryl methyl sites for hydroxylation is 1. The van der Waals surface area contributed by atoms with Crippen LogP contribution in [-0.4, -0.2) is 12.8 Å². The Morgan fingerprint density at radius 2 is 1.19 bits per heavy atom. The van der Waals surface area contributed by atoms with E-state index in [2.05, 4.69) is 77.9 Å². The van der Waals surface area contributed by atoms with E-state index in [0.29, 0.717) is 0 Å². The first-order chi connectivity index (χ1) is 14.7. The van der Waals surface area contributed by atoms with Crippen LogP contribution in [0.1, 0.15) is 98.5 Å². The van der Waals surface area contributed by atoms with Gasteiger partial charge in [0.15, 0.2) is 0 Å². The van der Waals surface area contributed by atoms with E-state index in [1.165, 1.54) is 61.3 Å². The molecule has 180 valence electrons. The highest BCUT2D eigenvalue weighted by atomic mass is 19.4. The summed E-state index contributed by atoms with van der Waals surface area (Å²) in [5.41, 5.74) is 1.30. The SMILES string of the molecule is C1CCC1.CC(F)(F)F.CCC.CCC.CCCCOc1ccc(C)c2ccccc12. The monoisotopic (exact) mass is 442 g/mol. The summed E-state index contributed by atoms with van der Waals surface area (Å²) in [6.07, 6.45) is 6.78. The molecule has 31 heavy (non-hydrogen) atoms. The summed E-state index contributed by atoms with van der Waals surface area (Å²) in [7, 11) is 0. The number of rotatable bonds is 4. The van der Waals surface area contributed by atoms with Crippen molar-refractivity contribution in [2.45, 2.75) is 106 Å². The highest BCUT2D eigenvalue weighted by Crippen LogP contribution is 2.28. The van der Waals surface area contributed by atoms with Crippen LogP contribution in [0.4, 0.5) is 13.2 Å². The fourth-order valence-corrected chi connectivity index (χ4v) is 2.12. The molecule has 0 atom stereocenters. The van der Waals surface area contributed by atoms with Gasteiger partial charge in [-0.1, -0.05) is 110 Å². The fourth-order valence-electron chi connectivity index (χ4n) is 2.12. The van der Waals surface area contributed by atoms with Gasteiger partial charge in [0.1, 0.15) is 5.75 Å². The molecule has 2 aromatic carbocycles. The molecular formula is C27H45F3O. The largest absolute Gasteiger partial charge is 0.493 e. The van der Waals surface area contributed by atoms with E-state index in [0.717, 1.165) is 18.8 Å². The van der Waals surface area contributed by atoms with Crippen molar-refractivity contribution in [1.82, 2.24) is 0 Å². The van der Waals surface area contributed by atoms with Gasteiger partial charge in [-0.2, -0.15) is 13.2 Å². The number of alkyl halides is 3. The molecule has 1 fully saturated rings. The van der Waals surface area contributed by atoms with Gasteiger partial charge in [0, 0.05) is 12.3 Å². The van der Waals surface area contributed by atoms with Crippen molar-refractivity contribution < 1.29 is 17.9 Å². The minimum atomic E-state index is -4.00. The van der Waals surface area contributed by atoms with E-state index >= 15 is 0 Å². The van der Waals surface area contributed by atoms with Gasteiger partial charge in [0.25, 0.3) is 0 Å². The van der Waals surface area contributed by atoms with Gasteiger partial charge >= 0.3 is 6.18 Å². The zero-order chi connectivity index (χ0) is 24.1. The second-order valence-electron chi connectivity index (χ2n) is 7.74. The summed E-state index contributed by atoms with van der Waals surface area (Å²) in [5, 5.41) is 2.51. The topological polar surface area (TPSA) is 9.23 Å². The van der Waals surface area contributed by atoms with Crippen LogP contribution >= 0.6 is 0 Å². The van der Waals surface area contributed by atoms with Crippen LogP contribution in [0.15, 0.2) is 36.4 Å². The normalized spacial score (nSPS) is 11.7. The van der Waals surface area contributed by atoms with Gasteiger partial charge in [0.05, 0.1) is 6.61 Å². The maximum Gasteiger partial charge on any atom is 0.386 e. The molecule has 0 unspecified atom stereocenters. The van der Waals surface area contributed by atoms with Crippen molar-refractivity contribution in [3.05, 3.63) is 42.0 Å². The van der Waals surface area contributed by atoms with Crippen molar-refractivity contribution in [2.24, 2.45) is 0 Å². The fraction of sp³-hybridized carbons (Fsp3) is 0.630. The van der Waals surface area contributed by atoms with Gasteiger partial charge in [-0.3, -0.25) is 0 Å². The zero-order valence-corrected chi connectivity index (χ0v) is 20.9. The van der Waals surface area contributed by atoms with Gasteiger partial charge < -0.3 is 4.74 Å². The number of fused-ring (bicyclic) bond motifs is 1. The second kappa shape index (κ2) is 20.2. The van der Waals surface area contributed by atoms with Crippen LogP contribution in [0.3, 0.4) is 0 Å². The molecule has 0 aromatic heterocycles. The van der Waals surface area contributed by atoms with Crippen LogP contribution in [0.2, 0.25) is 0 Å². The molecule has 4 heteroatoms. The quantitative estimate of drug-likeness (QED) is 0.428. The molecule has 0 aliphatic heterocycles. The third-order valence-electron chi connectivity index (χ3n) is 3.86. The molecular weight excluding hydrogens is 397 g/mol. The van der Waals surface area contributed by atoms with Crippen LogP contribution in [0, 0.1) is 6.92 Å². The Balaban J connectivity index is 0. The molecule has 0 saturated heterocycles. The lowest BCUT2D eigenvalue weighted by molar-refractivity contribution is -0.110. The van der Waals surface area contributed by atoms with Crippen molar-refractivity contribution in [1.29, 1.82) is 0 Å². The molecule has 0 bridgehead atoms. The average molecular weight is 443 g/mol. The van der Waals surface area contributed by atoms with Gasteiger partial charge in [-0.05, 0) is 30.4 Å². The highest BCUT2D eigenvalue weighted by molar-refractivity contribution is 5.90. The van der Waals surface area contributed by atoms with Crippen molar-refractivity contribution in [3.63, 3.8) is 0 Å². The highest BCUT2D eigenvalue weighted by Gasteiger charge is 2.15. The molecule has 1 aliphatic rings. The summed E-state index contributed by atoms with van der Waals surface area (Å²) >= 11 is 0. The molecule has 1 saturated carbocycles. The van der Waals surface area contributed by atoms with E-state index in [9.17, 15) is 13.2 Å². The van der Waals surface area contributed by atoms with E-state index in [-0.39, 0.29) is 6.92 Å². The van der Waals surface area contributed by atoms with Crippen LogP contribution in [0.25, 0.3) is 10.8 Å². The smallest absolute Gasteiger partial charge is 0.386 e. The Morgan fingerprint density at radius 1 is 0.774 bits per heavy atom. The first-order valence-electron chi connectivity index (χ1n) is 11.8. The lowest BCUT2D eigenvalue weighted by atomic mass is 10.0. The molecule has 0 amide bonds. The average Bonchev–Trinajstić information content (AvgIpc) is 2.63. The zero-order valence-electron chi connectivity index (χ0n) is 20.9. The first kappa shape index (κ1) is 31.5. The molecule has 0 radical (unpaired) electrons.